The van der Waals surface area contributed by atoms with E-state index in [2.05, 4.69) is 0 Å². The maximum Gasteiger partial charge on any atom is 0.308 e. The van der Waals surface area contributed by atoms with Crippen LogP contribution in [0.2, 0.25) is 0 Å². The molecular weight excluding hydrogens is 344 g/mol. The minimum absolute atomic E-state index is 0.206. The van der Waals surface area contributed by atoms with Gasteiger partial charge in [0, 0.05) is 9.79 Å². The highest BCUT2D eigenvalue weighted by Crippen LogP contribution is 2.48. The fourth-order valence-electron chi connectivity index (χ4n) is 2.09. The summed E-state index contributed by atoms with van der Waals surface area (Å²) in [6.45, 7) is 4.12. The number of ether oxygens (including phenoxy) is 1. The molecule has 0 spiro atoms. The van der Waals surface area contributed by atoms with Gasteiger partial charge >= 0.3 is 5.97 Å². The smallest absolute Gasteiger partial charge is 0.308 e. The maximum absolute atomic E-state index is 12.0. The molecule has 0 saturated carbocycles. The van der Waals surface area contributed by atoms with Gasteiger partial charge in [-0.3, -0.25) is 4.79 Å². The van der Waals surface area contributed by atoms with Crippen molar-refractivity contribution in [2.45, 2.75) is 34.1 Å². The van der Waals surface area contributed by atoms with E-state index in [1.54, 1.807) is 54.7 Å². The van der Waals surface area contributed by atoms with E-state index in [1.165, 1.54) is 0 Å². The molecule has 0 aromatic heterocycles. The molecule has 0 heterocycles. The minimum Gasteiger partial charge on any atom is -0.508 e. The van der Waals surface area contributed by atoms with Gasteiger partial charge in [0.05, 0.1) is 17.1 Å². The molecule has 0 aliphatic carbocycles. The van der Waals surface area contributed by atoms with E-state index in [0.29, 0.717) is 6.61 Å². The number of phenols is 2. The van der Waals surface area contributed by atoms with Crippen molar-refractivity contribution >= 4 is 29.5 Å². The lowest BCUT2D eigenvalue weighted by Gasteiger charge is -2.27. The molecule has 2 rings (SSSR count). The third-order valence-electron chi connectivity index (χ3n) is 3.11. The lowest BCUT2D eigenvalue weighted by Crippen LogP contribution is -2.22. The Morgan fingerprint density at radius 3 is 1.75 bits per heavy atom. The van der Waals surface area contributed by atoms with Crippen molar-refractivity contribution in [2.75, 3.05) is 6.61 Å². The van der Waals surface area contributed by atoms with Crippen molar-refractivity contribution in [3.8, 4) is 11.5 Å². The highest BCUT2D eigenvalue weighted by atomic mass is 32.2. The van der Waals surface area contributed by atoms with Gasteiger partial charge in [-0.15, -0.1) is 23.5 Å². The zero-order valence-corrected chi connectivity index (χ0v) is 15.2. The van der Waals surface area contributed by atoms with Gasteiger partial charge in [0.2, 0.25) is 0 Å². The van der Waals surface area contributed by atoms with Crippen molar-refractivity contribution in [3.63, 3.8) is 0 Å². The van der Waals surface area contributed by atoms with E-state index in [9.17, 15) is 15.0 Å². The average molecular weight is 364 g/mol. The Morgan fingerprint density at radius 2 is 1.38 bits per heavy atom. The Hall–Kier alpha value is -1.79. The summed E-state index contributed by atoms with van der Waals surface area (Å²) in [6, 6.07) is 13.8. The summed E-state index contributed by atoms with van der Waals surface area (Å²) in [5.74, 6) is 0.160. The van der Waals surface area contributed by atoms with E-state index >= 15 is 0 Å². The van der Waals surface area contributed by atoms with E-state index in [1.807, 2.05) is 31.2 Å². The van der Waals surface area contributed by atoms with Gasteiger partial charge in [-0.25, -0.2) is 0 Å². The van der Waals surface area contributed by atoms with E-state index < -0.39 is 4.08 Å². The van der Waals surface area contributed by atoms with Gasteiger partial charge < -0.3 is 14.9 Å². The first-order valence-electron chi connectivity index (χ1n) is 7.52. The van der Waals surface area contributed by atoms with Crippen molar-refractivity contribution in [1.29, 1.82) is 0 Å². The number of esters is 1. The number of carbonyl (C=O) groups excluding carboxylic acids is 1. The lowest BCUT2D eigenvalue weighted by atomic mass is 10.3. The normalized spacial score (nSPS) is 11.2. The molecule has 0 unspecified atom stereocenters. The number of hydrogen-bond acceptors (Lipinski definition) is 6. The highest BCUT2D eigenvalue weighted by Gasteiger charge is 2.31. The van der Waals surface area contributed by atoms with Crippen LogP contribution < -0.4 is 0 Å². The first-order chi connectivity index (χ1) is 11.4. The molecule has 2 N–H and O–H groups in total. The van der Waals surface area contributed by atoms with Crippen LogP contribution in [0.3, 0.4) is 0 Å². The zero-order valence-electron chi connectivity index (χ0n) is 13.6. The fourth-order valence-corrected chi connectivity index (χ4v) is 4.76. The van der Waals surface area contributed by atoms with Gasteiger partial charge in [0.1, 0.15) is 11.5 Å². The number of hydrogen-bond donors (Lipinski definition) is 2. The van der Waals surface area contributed by atoms with Crippen LogP contribution in [0.4, 0.5) is 0 Å². The Kier molecular flexibility index (Phi) is 6.45. The third-order valence-corrected chi connectivity index (χ3v) is 5.78. The van der Waals surface area contributed by atoms with Crippen LogP contribution in [0, 0.1) is 0 Å². The number of benzene rings is 2. The van der Waals surface area contributed by atoms with Crippen LogP contribution in [0.25, 0.3) is 0 Å². The summed E-state index contributed by atoms with van der Waals surface area (Å²) < 4.78 is 4.62. The van der Waals surface area contributed by atoms with Gasteiger partial charge in [-0.2, -0.15) is 0 Å². The van der Waals surface area contributed by atoms with Crippen LogP contribution >= 0.6 is 23.5 Å². The molecule has 2 aromatic rings. The Balaban J connectivity index is 2.20. The van der Waals surface area contributed by atoms with Crippen LogP contribution in [-0.2, 0) is 9.53 Å². The molecule has 128 valence electrons. The molecule has 0 aliphatic rings. The van der Waals surface area contributed by atoms with Crippen molar-refractivity contribution in [3.05, 3.63) is 48.5 Å². The molecule has 0 radical (unpaired) electrons. The molecule has 0 bridgehead atoms. The third kappa shape index (κ3) is 5.69. The molecule has 6 heteroatoms. The summed E-state index contributed by atoms with van der Waals surface area (Å²) in [7, 11) is 0. The van der Waals surface area contributed by atoms with Crippen LogP contribution in [0.5, 0.6) is 11.5 Å². The maximum atomic E-state index is 12.0. The predicted molar refractivity (Wildman–Crippen MR) is 97.6 cm³/mol. The second-order valence-corrected chi connectivity index (χ2v) is 8.72. The van der Waals surface area contributed by atoms with Gasteiger partial charge in [0.15, 0.2) is 0 Å². The summed E-state index contributed by atoms with van der Waals surface area (Å²) in [4.78, 5) is 13.9. The monoisotopic (exact) mass is 364 g/mol. The number of rotatable bonds is 7. The second-order valence-electron chi connectivity index (χ2n) is 5.31. The second kappa shape index (κ2) is 8.35. The van der Waals surface area contributed by atoms with E-state index in [-0.39, 0.29) is 23.9 Å². The van der Waals surface area contributed by atoms with Crippen LogP contribution in [0.15, 0.2) is 58.3 Å². The summed E-state index contributed by atoms with van der Waals surface area (Å²) in [5, 5.41) is 18.8. The minimum atomic E-state index is -0.486. The van der Waals surface area contributed by atoms with Crippen molar-refractivity contribution < 1.29 is 19.7 Å². The number of thioether (sulfide) groups is 2. The van der Waals surface area contributed by atoms with Gasteiger partial charge in [-0.05, 0) is 62.4 Å². The topological polar surface area (TPSA) is 66.8 Å². The number of carbonyl (C=O) groups is 1. The fraction of sp³-hybridized carbons (Fsp3) is 0.278. The Morgan fingerprint density at radius 1 is 0.958 bits per heavy atom. The summed E-state index contributed by atoms with van der Waals surface area (Å²) in [6.07, 6.45) is 0.234. The molecule has 0 atom stereocenters. The van der Waals surface area contributed by atoms with E-state index in [4.69, 9.17) is 4.74 Å². The van der Waals surface area contributed by atoms with E-state index in [0.717, 1.165) is 9.79 Å². The predicted octanol–water partition coefficient (Wildman–Crippen LogP) is 4.65. The average Bonchev–Trinajstić information content (AvgIpc) is 2.52. The molecule has 4 nitrogen and oxygen atoms in total. The van der Waals surface area contributed by atoms with Crippen LogP contribution in [-0.4, -0.2) is 26.9 Å². The van der Waals surface area contributed by atoms with Crippen LogP contribution in [0.1, 0.15) is 20.3 Å². The standard InChI is InChI=1S/C18H20O4S2/c1-3-22-17(21)12-18(2,23-15-8-4-13(19)5-9-15)24-16-10-6-14(20)7-11-16/h4-11,19-20H,3,12H2,1-2H3. The molecule has 0 aliphatic heterocycles. The molecule has 2 aromatic carbocycles. The largest absolute Gasteiger partial charge is 0.508 e. The summed E-state index contributed by atoms with van der Waals surface area (Å²) in [5.41, 5.74) is 0. The lowest BCUT2D eigenvalue weighted by molar-refractivity contribution is -0.143. The molecule has 0 amide bonds. The summed E-state index contributed by atoms with van der Waals surface area (Å²) >= 11 is 3.08. The molecule has 0 saturated heterocycles. The molecule has 0 fully saturated rings. The molecular formula is C18H20O4S2. The van der Waals surface area contributed by atoms with Crippen molar-refractivity contribution in [1.82, 2.24) is 0 Å². The Bertz CT molecular complexity index is 621. The SMILES string of the molecule is CCOC(=O)CC(C)(Sc1ccc(O)cc1)Sc1ccc(O)cc1. The number of aromatic hydroxyl groups is 2. The van der Waals surface area contributed by atoms with Gasteiger partial charge in [-0.1, -0.05) is 0 Å². The Labute approximate surface area is 150 Å². The highest BCUT2D eigenvalue weighted by molar-refractivity contribution is 8.18. The zero-order chi connectivity index (χ0) is 17.6. The number of phenolic OH excluding ortho intramolecular Hbond substituents is 2. The van der Waals surface area contributed by atoms with Gasteiger partial charge in [0.25, 0.3) is 0 Å². The quantitative estimate of drug-likeness (QED) is 0.423. The van der Waals surface area contributed by atoms with Crippen molar-refractivity contribution in [2.24, 2.45) is 0 Å². The first kappa shape index (κ1) is 18.5. The molecule has 24 heavy (non-hydrogen) atoms. The first-order valence-corrected chi connectivity index (χ1v) is 9.15.